The Morgan fingerprint density at radius 2 is 1.82 bits per heavy atom. The Kier molecular flexibility index (Phi) is 11.0. The normalized spacial score (nSPS) is 35.0. The lowest BCUT2D eigenvalue weighted by Gasteiger charge is -2.66. The summed E-state index contributed by atoms with van der Waals surface area (Å²) in [6, 6.07) is 0. The molecule has 3 aliphatic rings. The average Bonchev–Trinajstić information content (AvgIpc) is 3.11. The van der Waals surface area contributed by atoms with Crippen LogP contribution in [0.1, 0.15) is 91.9 Å². The van der Waals surface area contributed by atoms with E-state index in [-0.39, 0.29) is 26.4 Å². The van der Waals surface area contributed by atoms with Crippen LogP contribution >= 0.6 is 0 Å². The maximum atomic E-state index is 12.5. The molecule has 0 aliphatic heterocycles. The van der Waals surface area contributed by atoms with Crippen LogP contribution in [0.25, 0.3) is 0 Å². The first-order valence-electron chi connectivity index (χ1n) is 15.0. The van der Waals surface area contributed by atoms with E-state index in [4.69, 9.17) is 4.74 Å². The molecular formula is C34H52O6. The van der Waals surface area contributed by atoms with E-state index in [1.807, 2.05) is 32.1 Å². The van der Waals surface area contributed by atoms with E-state index >= 15 is 0 Å². The van der Waals surface area contributed by atoms with Gasteiger partial charge in [-0.2, -0.15) is 0 Å². The van der Waals surface area contributed by atoms with E-state index in [9.17, 15) is 25.2 Å². The summed E-state index contributed by atoms with van der Waals surface area (Å²) < 4.78 is 5.85. The molecule has 0 saturated heterocycles. The molecule has 5 atom stereocenters. The molecule has 2 bridgehead atoms. The zero-order valence-electron chi connectivity index (χ0n) is 25.2. The monoisotopic (exact) mass is 556 g/mol. The fourth-order valence-corrected chi connectivity index (χ4v) is 8.47. The molecular weight excluding hydrogens is 504 g/mol. The number of hydrogen-bond donors (Lipinski definition) is 4. The predicted octanol–water partition coefficient (Wildman–Crippen LogP) is 5.52. The van der Waals surface area contributed by atoms with Gasteiger partial charge in [0.1, 0.15) is 6.29 Å². The number of hydrogen-bond acceptors (Lipinski definition) is 6. The van der Waals surface area contributed by atoms with Crippen molar-refractivity contribution in [3.8, 4) is 0 Å². The number of aliphatic hydroxyl groups is 4. The van der Waals surface area contributed by atoms with Crippen LogP contribution in [-0.2, 0) is 9.53 Å². The summed E-state index contributed by atoms with van der Waals surface area (Å²) in [5.74, 6) is 0. The van der Waals surface area contributed by atoms with E-state index in [0.29, 0.717) is 50.5 Å². The highest BCUT2D eigenvalue weighted by Crippen LogP contribution is 2.77. The summed E-state index contributed by atoms with van der Waals surface area (Å²) >= 11 is 0. The molecule has 40 heavy (non-hydrogen) atoms. The number of carbonyl (C=O) groups excluding carboxylic acids is 1. The van der Waals surface area contributed by atoms with Crippen LogP contribution in [0.2, 0.25) is 0 Å². The summed E-state index contributed by atoms with van der Waals surface area (Å²) in [6.07, 6.45) is 15.1. The average molecular weight is 557 g/mol. The second-order valence-corrected chi connectivity index (χ2v) is 12.8. The van der Waals surface area contributed by atoms with Crippen molar-refractivity contribution in [2.75, 3.05) is 26.4 Å². The molecule has 0 amide bonds. The summed E-state index contributed by atoms with van der Waals surface area (Å²) in [5.41, 5.74) is 1.88. The van der Waals surface area contributed by atoms with Crippen molar-refractivity contribution in [3.63, 3.8) is 0 Å². The van der Waals surface area contributed by atoms with Gasteiger partial charge in [-0.1, -0.05) is 47.6 Å². The van der Waals surface area contributed by atoms with Gasteiger partial charge in [0.25, 0.3) is 0 Å². The van der Waals surface area contributed by atoms with Gasteiger partial charge in [-0.3, -0.25) is 4.79 Å². The standard InChI is InChI=1S/C34H52O6/c1-25(2)9-6-10-26(3)11-7-12-28(24-40-22-21-36)32-16-18-33(14-8-20-35)29(27(4)23-37)13-15-31(5,39)34(33,19-17-32)30(32)38/h7,9,11-12,23,30,35-36,38-39H,3,6,8,10,13-22,24H2,1-2,4-5H3. The second-order valence-electron chi connectivity index (χ2n) is 12.8. The molecule has 3 saturated carbocycles. The highest BCUT2D eigenvalue weighted by Gasteiger charge is 2.76. The van der Waals surface area contributed by atoms with Gasteiger partial charge < -0.3 is 25.2 Å². The minimum Gasteiger partial charge on any atom is -0.396 e. The molecule has 0 aromatic rings. The lowest BCUT2D eigenvalue weighted by molar-refractivity contribution is -0.231. The molecule has 3 rings (SSSR count). The molecule has 5 unspecified atom stereocenters. The van der Waals surface area contributed by atoms with Crippen LogP contribution in [-0.4, -0.2) is 64.8 Å². The second kappa shape index (κ2) is 13.4. The topological polar surface area (TPSA) is 107 Å². The number of aliphatic hydroxyl groups excluding tert-OH is 3. The van der Waals surface area contributed by atoms with E-state index < -0.39 is 27.9 Å². The first-order chi connectivity index (χ1) is 19.0. The van der Waals surface area contributed by atoms with Crippen molar-refractivity contribution in [2.45, 2.75) is 104 Å². The molecule has 1 spiro atoms. The Labute approximate surface area is 241 Å². The van der Waals surface area contributed by atoms with Crippen molar-refractivity contribution in [3.05, 3.63) is 58.7 Å². The number of ether oxygens (including phenoxy) is 1. The van der Waals surface area contributed by atoms with Gasteiger partial charge in [-0.15, -0.1) is 0 Å². The van der Waals surface area contributed by atoms with Gasteiger partial charge in [-0.25, -0.2) is 0 Å². The third-order valence-corrected chi connectivity index (χ3v) is 10.4. The van der Waals surface area contributed by atoms with Gasteiger partial charge in [0, 0.05) is 22.9 Å². The Bertz CT molecular complexity index is 1040. The van der Waals surface area contributed by atoms with Crippen molar-refractivity contribution >= 4 is 6.29 Å². The third-order valence-electron chi connectivity index (χ3n) is 10.4. The molecule has 3 aliphatic carbocycles. The summed E-state index contributed by atoms with van der Waals surface area (Å²) in [6.45, 7) is 12.5. The predicted molar refractivity (Wildman–Crippen MR) is 160 cm³/mol. The maximum Gasteiger partial charge on any atom is 0.145 e. The number of allylic oxidation sites excluding steroid dienone is 8. The number of carbonyl (C=O) groups is 1. The number of aldehydes is 1. The first-order valence-corrected chi connectivity index (χ1v) is 15.0. The van der Waals surface area contributed by atoms with Crippen LogP contribution in [0.4, 0.5) is 0 Å². The minimum absolute atomic E-state index is 0.0249. The largest absolute Gasteiger partial charge is 0.396 e. The fourth-order valence-electron chi connectivity index (χ4n) is 8.47. The number of rotatable bonds is 14. The molecule has 0 aromatic carbocycles. The fraction of sp³-hybridized carbons (Fsp3) is 0.676. The van der Waals surface area contributed by atoms with Crippen LogP contribution in [0, 0.1) is 16.2 Å². The Morgan fingerprint density at radius 3 is 2.48 bits per heavy atom. The van der Waals surface area contributed by atoms with Gasteiger partial charge >= 0.3 is 0 Å². The molecule has 4 N–H and O–H groups in total. The van der Waals surface area contributed by atoms with Crippen LogP contribution < -0.4 is 0 Å². The van der Waals surface area contributed by atoms with Crippen LogP contribution in [0.3, 0.4) is 0 Å². The van der Waals surface area contributed by atoms with Crippen molar-refractivity contribution < 1.29 is 30.0 Å². The highest BCUT2D eigenvalue weighted by molar-refractivity contribution is 5.74. The SMILES string of the molecule is C=C(C=CC=C(COCCO)C12CCC3(CCCO)C(=C(C)C=O)CCC(C)(O)C3(CC1)C2O)CCC=C(C)C. The Hall–Kier alpha value is -1.83. The zero-order valence-corrected chi connectivity index (χ0v) is 25.2. The number of fused-ring (bicyclic) bond motifs is 1. The highest BCUT2D eigenvalue weighted by atomic mass is 16.5. The molecule has 224 valence electrons. The van der Waals surface area contributed by atoms with Crippen LogP contribution in [0.15, 0.2) is 58.7 Å². The Morgan fingerprint density at radius 1 is 1.10 bits per heavy atom. The van der Waals surface area contributed by atoms with E-state index in [1.54, 1.807) is 0 Å². The van der Waals surface area contributed by atoms with Gasteiger partial charge in [0.15, 0.2) is 0 Å². The molecule has 3 fully saturated rings. The van der Waals surface area contributed by atoms with E-state index in [0.717, 1.165) is 42.3 Å². The third kappa shape index (κ3) is 5.76. The maximum absolute atomic E-state index is 12.5. The first kappa shape index (κ1) is 32.7. The summed E-state index contributed by atoms with van der Waals surface area (Å²) in [5, 5.41) is 43.8. The van der Waals surface area contributed by atoms with Gasteiger partial charge in [-0.05, 0) is 103 Å². The molecule has 6 heteroatoms. The van der Waals surface area contributed by atoms with Gasteiger partial charge in [0.05, 0.1) is 31.5 Å². The molecule has 0 heterocycles. The summed E-state index contributed by atoms with van der Waals surface area (Å²) in [7, 11) is 0. The van der Waals surface area contributed by atoms with Crippen molar-refractivity contribution in [1.82, 2.24) is 0 Å². The molecule has 0 radical (unpaired) electrons. The van der Waals surface area contributed by atoms with E-state index in [2.05, 4.69) is 26.5 Å². The van der Waals surface area contributed by atoms with Gasteiger partial charge in [0.2, 0.25) is 0 Å². The smallest absolute Gasteiger partial charge is 0.145 e. The molecule has 0 aromatic heterocycles. The lowest BCUT2D eigenvalue weighted by atomic mass is 9.40. The molecule has 6 nitrogen and oxygen atoms in total. The van der Waals surface area contributed by atoms with Crippen molar-refractivity contribution in [1.29, 1.82) is 0 Å². The zero-order chi connectivity index (χ0) is 29.6. The Balaban J connectivity index is 2.06. The van der Waals surface area contributed by atoms with Crippen molar-refractivity contribution in [2.24, 2.45) is 16.2 Å². The van der Waals surface area contributed by atoms with Crippen LogP contribution in [0.5, 0.6) is 0 Å². The quantitative estimate of drug-likeness (QED) is 0.0738. The minimum atomic E-state index is -1.14. The summed E-state index contributed by atoms with van der Waals surface area (Å²) in [4.78, 5) is 12.0. The lowest BCUT2D eigenvalue weighted by Crippen LogP contribution is -2.68. The van der Waals surface area contributed by atoms with E-state index in [1.165, 1.54) is 5.57 Å².